The van der Waals surface area contributed by atoms with Crippen molar-refractivity contribution in [2.24, 2.45) is 0 Å². The average molecular weight is 364 g/mol. The van der Waals surface area contributed by atoms with E-state index in [0.717, 1.165) is 10.9 Å². The molecule has 3 rings (SSSR count). The third-order valence-electron chi connectivity index (χ3n) is 4.54. The standard InChI is InChI=1S/C17H20N2O5S/c1-11(16(20)19(2)12-7-8-25(22,23)10-12)24-17(21)14-9-18-15-6-4-3-5-13(14)15/h3-6,9,11-12,18H,7-8,10H2,1-2H3/t11-,12+/m1/s1. The Morgan fingerprint density at radius 1 is 1.32 bits per heavy atom. The van der Waals surface area contributed by atoms with Crippen molar-refractivity contribution < 1.29 is 22.7 Å². The lowest BCUT2D eigenvalue weighted by Gasteiger charge is -2.26. The molecule has 0 spiro atoms. The monoisotopic (exact) mass is 364 g/mol. The van der Waals surface area contributed by atoms with Gasteiger partial charge in [0.1, 0.15) is 0 Å². The van der Waals surface area contributed by atoms with Crippen molar-refractivity contribution in [1.29, 1.82) is 0 Å². The van der Waals surface area contributed by atoms with Gasteiger partial charge in [0.2, 0.25) is 0 Å². The zero-order valence-electron chi connectivity index (χ0n) is 14.1. The van der Waals surface area contributed by atoms with E-state index in [1.54, 1.807) is 19.3 Å². The highest BCUT2D eigenvalue weighted by Gasteiger charge is 2.35. The number of aromatic amines is 1. The molecule has 8 heteroatoms. The second-order valence-electron chi connectivity index (χ2n) is 6.30. The maximum Gasteiger partial charge on any atom is 0.341 e. The van der Waals surface area contributed by atoms with E-state index in [1.807, 2.05) is 18.2 Å². The van der Waals surface area contributed by atoms with Crippen LogP contribution in [0, 0.1) is 0 Å². The van der Waals surface area contributed by atoms with Gasteiger partial charge in [-0.15, -0.1) is 0 Å². The number of esters is 1. The smallest absolute Gasteiger partial charge is 0.341 e. The highest BCUT2D eigenvalue weighted by molar-refractivity contribution is 7.91. The summed E-state index contributed by atoms with van der Waals surface area (Å²) in [5, 5.41) is 0.724. The van der Waals surface area contributed by atoms with Gasteiger partial charge in [0.05, 0.1) is 17.1 Å². The minimum Gasteiger partial charge on any atom is -0.449 e. The van der Waals surface area contributed by atoms with E-state index in [0.29, 0.717) is 12.0 Å². The van der Waals surface area contributed by atoms with Crippen LogP contribution in [0.15, 0.2) is 30.5 Å². The molecule has 0 unspecified atom stereocenters. The fourth-order valence-corrected chi connectivity index (χ4v) is 4.84. The number of fused-ring (bicyclic) bond motifs is 1. The summed E-state index contributed by atoms with van der Waals surface area (Å²) >= 11 is 0. The van der Waals surface area contributed by atoms with Crippen LogP contribution in [0.25, 0.3) is 10.9 Å². The molecular weight excluding hydrogens is 344 g/mol. The first-order chi connectivity index (χ1) is 11.8. The summed E-state index contributed by atoms with van der Waals surface area (Å²) in [6.07, 6.45) is 0.972. The Hall–Kier alpha value is -2.35. The van der Waals surface area contributed by atoms with Crippen LogP contribution in [-0.2, 0) is 19.4 Å². The first-order valence-electron chi connectivity index (χ1n) is 8.03. The highest BCUT2D eigenvalue weighted by Crippen LogP contribution is 2.20. The van der Waals surface area contributed by atoms with Gasteiger partial charge in [-0.25, -0.2) is 13.2 Å². The van der Waals surface area contributed by atoms with Gasteiger partial charge in [-0.3, -0.25) is 4.79 Å². The Bertz CT molecular complexity index is 918. The van der Waals surface area contributed by atoms with Crippen LogP contribution in [-0.4, -0.2) is 60.9 Å². The number of nitrogens with one attached hydrogen (secondary N) is 1. The van der Waals surface area contributed by atoms with E-state index < -0.39 is 27.8 Å². The first kappa shape index (κ1) is 17.5. The fourth-order valence-electron chi connectivity index (χ4n) is 3.06. The molecule has 1 N–H and O–H groups in total. The van der Waals surface area contributed by atoms with E-state index >= 15 is 0 Å². The number of carbonyl (C=O) groups excluding carboxylic acids is 2. The Morgan fingerprint density at radius 3 is 2.72 bits per heavy atom. The molecule has 1 aliphatic heterocycles. The second-order valence-corrected chi connectivity index (χ2v) is 8.53. The highest BCUT2D eigenvalue weighted by atomic mass is 32.2. The van der Waals surface area contributed by atoms with Gasteiger partial charge in [-0.05, 0) is 19.4 Å². The minimum absolute atomic E-state index is 0.0433. The number of hydrogen-bond acceptors (Lipinski definition) is 5. The molecule has 25 heavy (non-hydrogen) atoms. The molecule has 134 valence electrons. The number of benzene rings is 1. The Labute approximate surface area is 145 Å². The molecule has 0 radical (unpaired) electrons. The van der Waals surface area contributed by atoms with E-state index in [4.69, 9.17) is 4.74 Å². The van der Waals surface area contributed by atoms with E-state index in [-0.39, 0.29) is 17.5 Å². The normalized spacial score (nSPS) is 20.3. The molecule has 1 aliphatic rings. The van der Waals surface area contributed by atoms with E-state index in [1.165, 1.54) is 11.8 Å². The molecule has 1 aromatic carbocycles. The van der Waals surface area contributed by atoms with Crippen LogP contribution in [0.1, 0.15) is 23.7 Å². The van der Waals surface area contributed by atoms with Crippen molar-refractivity contribution in [3.05, 3.63) is 36.0 Å². The summed E-state index contributed by atoms with van der Waals surface area (Å²) in [7, 11) is -1.54. The molecular formula is C17H20N2O5S. The molecule has 0 aliphatic carbocycles. The molecule has 2 heterocycles. The van der Waals surface area contributed by atoms with Gasteiger partial charge in [0, 0.05) is 30.2 Å². The van der Waals surface area contributed by atoms with Crippen LogP contribution in [0.5, 0.6) is 0 Å². The summed E-state index contributed by atoms with van der Waals surface area (Å²) in [6, 6.07) is 6.94. The molecule has 2 atom stereocenters. The summed E-state index contributed by atoms with van der Waals surface area (Å²) in [5.74, 6) is -0.960. The Balaban J connectivity index is 1.68. The number of nitrogens with zero attached hydrogens (tertiary/aromatic N) is 1. The lowest BCUT2D eigenvalue weighted by atomic mass is 10.2. The van der Waals surface area contributed by atoms with Crippen LogP contribution < -0.4 is 0 Å². The van der Waals surface area contributed by atoms with Gasteiger partial charge in [-0.1, -0.05) is 18.2 Å². The minimum atomic E-state index is -3.09. The predicted octanol–water partition coefficient (Wildman–Crippen LogP) is 1.36. The molecule has 1 fully saturated rings. The van der Waals surface area contributed by atoms with Crippen LogP contribution in [0.2, 0.25) is 0 Å². The molecule has 0 bridgehead atoms. The van der Waals surface area contributed by atoms with Crippen molar-refractivity contribution >= 4 is 32.6 Å². The third kappa shape index (κ3) is 3.53. The number of carbonyl (C=O) groups is 2. The maximum atomic E-state index is 12.5. The summed E-state index contributed by atoms with van der Waals surface area (Å²) in [5.41, 5.74) is 1.17. The van der Waals surface area contributed by atoms with Crippen molar-refractivity contribution in [2.45, 2.75) is 25.5 Å². The topological polar surface area (TPSA) is 96.5 Å². The Kier molecular flexibility index (Phi) is 4.55. The third-order valence-corrected chi connectivity index (χ3v) is 6.29. The molecule has 1 aromatic heterocycles. The fraction of sp³-hybridized carbons (Fsp3) is 0.412. The number of rotatable bonds is 4. The predicted molar refractivity (Wildman–Crippen MR) is 93.0 cm³/mol. The van der Waals surface area contributed by atoms with Crippen LogP contribution in [0.3, 0.4) is 0 Å². The number of para-hydroxylation sites is 1. The lowest BCUT2D eigenvalue weighted by Crippen LogP contribution is -2.44. The van der Waals surface area contributed by atoms with Gasteiger partial charge in [0.15, 0.2) is 15.9 Å². The summed E-state index contributed by atoms with van der Waals surface area (Å²) < 4.78 is 28.4. The van der Waals surface area contributed by atoms with Crippen LogP contribution in [0.4, 0.5) is 0 Å². The first-order valence-corrected chi connectivity index (χ1v) is 9.85. The number of aromatic nitrogens is 1. The van der Waals surface area contributed by atoms with Gasteiger partial charge in [-0.2, -0.15) is 0 Å². The maximum absolute atomic E-state index is 12.5. The number of amides is 1. The van der Waals surface area contributed by atoms with Crippen molar-refractivity contribution in [1.82, 2.24) is 9.88 Å². The number of sulfone groups is 1. The van der Waals surface area contributed by atoms with Crippen LogP contribution >= 0.6 is 0 Å². The van der Waals surface area contributed by atoms with Gasteiger partial charge < -0.3 is 14.6 Å². The molecule has 7 nitrogen and oxygen atoms in total. The average Bonchev–Trinajstić information content (AvgIpc) is 3.16. The van der Waals surface area contributed by atoms with E-state index in [9.17, 15) is 18.0 Å². The lowest BCUT2D eigenvalue weighted by molar-refractivity contribution is -0.140. The summed E-state index contributed by atoms with van der Waals surface area (Å²) in [4.78, 5) is 29.2. The zero-order valence-corrected chi connectivity index (χ0v) is 14.9. The second kappa shape index (κ2) is 6.51. The van der Waals surface area contributed by atoms with Crippen molar-refractivity contribution in [3.8, 4) is 0 Å². The zero-order chi connectivity index (χ0) is 18.2. The number of hydrogen-bond donors (Lipinski definition) is 1. The quantitative estimate of drug-likeness (QED) is 0.826. The molecule has 1 amide bonds. The largest absolute Gasteiger partial charge is 0.449 e. The molecule has 0 saturated carbocycles. The molecule has 1 saturated heterocycles. The van der Waals surface area contributed by atoms with Crippen molar-refractivity contribution in [2.75, 3.05) is 18.6 Å². The number of likely N-dealkylation sites (N-methyl/N-ethyl adjacent to an activating group) is 1. The SMILES string of the molecule is C[C@@H](OC(=O)c1c[nH]c2ccccc12)C(=O)N(C)[C@H]1CCS(=O)(=O)C1. The van der Waals surface area contributed by atoms with Gasteiger partial charge in [0.25, 0.3) is 5.91 Å². The van der Waals surface area contributed by atoms with Gasteiger partial charge >= 0.3 is 5.97 Å². The summed E-state index contributed by atoms with van der Waals surface area (Å²) in [6.45, 7) is 1.50. The number of H-pyrrole nitrogens is 1. The van der Waals surface area contributed by atoms with E-state index in [2.05, 4.69) is 4.98 Å². The van der Waals surface area contributed by atoms with Crippen molar-refractivity contribution in [3.63, 3.8) is 0 Å². The Morgan fingerprint density at radius 2 is 2.04 bits per heavy atom. The molecule has 2 aromatic rings. The number of ether oxygens (including phenoxy) is 1.